The zero-order valence-corrected chi connectivity index (χ0v) is 16.1. The van der Waals surface area contributed by atoms with Crippen LogP contribution >= 0.6 is 11.8 Å². The van der Waals surface area contributed by atoms with Crippen LogP contribution in [0.15, 0.2) is 47.4 Å². The molecule has 5 nitrogen and oxygen atoms in total. The van der Waals surface area contributed by atoms with E-state index in [0.717, 1.165) is 23.1 Å². The van der Waals surface area contributed by atoms with Gasteiger partial charge >= 0.3 is 0 Å². The Morgan fingerprint density at radius 2 is 1.85 bits per heavy atom. The second-order valence-electron chi connectivity index (χ2n) is 5.75. The van der Waals surface area contributed by atoms with E-state index in [4.69, 9.17) is 9.47 Å². The molecule has 0 aliphatic carbocycles. The van der Waals surface area contributed by atoms with Crippen molar-refractivity contribution in [2.75, 3.05) is 26.1 Å². The maximum absolute atomic E-state index is 13.9. The highest BCUT2D eigenvalue weighted by molar-refractivity contribution is 8.00. The number of carbonyl (C=O) groups excluding carboxylic acids is 2. The van der Waals surface area contributed by atoms with Crippen molar-refractivity contribution >= 4 is 23.5 Å². The molecule has 2 aromatic carbocycles. The van der Waals surface area contributed by atoms with E-state index in [1.807, 2.05) is 24.3 Å². The molecule has 0 atom stereocenters. The molecular weight excluding hydrogens is 369 g/mol. The zero-order chi connectivity index (χ0) is 19.6. The first-order valence-corrected chi connectivity index (χ1v) is 9.39. The van der Waals surface area contributed by atoms with Crippen molar-refractivity contribution < 1.29 is 23.5 Å². The van der Waals surface area contributed by atoms with Crippen LogP contribution in [0.2, 0.25) is 0 Å². The van der Waals surface area contributed by atoms with Gasteiger partial charge < -0.3 is 14.8 Å². The molecule has 0 saturated heterocycles. The van der Waals surface area contributed by atoms with E-state index in [1.165, 1.54) is 19.1 Å². The number of nitrogens with one attached hydrogen (secondary N) is 1. The van der Waals surface area contributed by atoms with E-state index in [0.29, 0.717) is 30.2 Å². The van der Waals surface area contributed by atoms with E-state index in [9.17, 15) is 14.0 Å². The average molecular weight is 391 g/mol. The fourth-order valence-corrected chi connectivity index (χ4v) is 2.93. The van der Waals surface area contributed by atoms with Gasteiger partial charge in [-0.25, -0.2) is 4.39 Å². The molecular formula is C20H22FNO4S. The third-order valence-corrected chi connectivity index (χ3v) is 4.72. The summed E-state index contributed by atoms with van der Waals surface area (Å²) in [4.78, 5) is 23.5. The molecule has 2 aromatic rings. The van der Waals surface area contributed by atoms with Crippen LogP contribution in [0.5, 0.6) is 5.75 Å². The number of amides is 1. The molecule has 0 unspecified atom stereocenters. The third-order valence-electron chi connectivity index (χ3n) is 3.67. The number of benzene rings is 2. The van der Waals surface area contributed by atoms with Crippen molar-refractivity contribution in [3.63, 3.8) is 0 Å². The standard InChI is InChI=1S/C20H22FNO4S/c1-14(23)16-5-8-19(18(21)11-16)27-13-20(24)22-12-15-3-6-17(7-4-15)26-10-9-25-2/h3-8,11H,9-10,12-13H2,1-2H3,(H,22,24). The molecule has 1 amide bonds. The fraction of sp³-hybridized carbons (Fsp3) is 0.300. The highest BCUT2D eigenvalue weighted by Gasteiger charge is 2.09. The first kappa shape index (κ1) is 20.9. The molecule has 1 N–H and O–H groups in total. The number of methoxy groups -OCH3 is 1. The van der Waals surface area contributed by atoms with Crippen molar-refractivity contribution in [3.05, 3.63) is 59.4 Å². The first-order chi connectivity index (χ1) is 13.0. The molecule has 0 aromatic heterocycles. The van der Waals surface area contributed by atoms with E-state index >= 15 is 0 Å². The number of rotatable bonds is 10. The number of hydrogen-bond acceptors (Lipinski definition) is 5. The van der Waals surface area contributed by atoms with Gasteiger partial charge in [-0.1, -0.05) is 18.2 Å². The molecule has 144 valence electrons. The van der Waals surface area contributed by atoms with Crippen LogP contribution in [0.4, 0.5) is 4.39 Å². The molecule has 7 heteroatoms. The second-order valence-corrected chi connectivity index (χ2v) is 6.77. The number of ether oxygens (including phenoxy) is 2. The molecule has 0 heterocycles. The lowest BCUT2D eigenvalue weighted by molar-refractivity contribution is -0.118. The van der Waals surface area contributed by atoms with E-state index < -0.39 is 5.82 Å². The number of Topliss-reactive ketones (excluding diaryl/α,β-unsaturated/α-hetero) is 1. The summed E-state index contributed by atoms with van der Waals surface area (Å²) in [6.07, 6.45) is 0. The topological polar surface area (TPSA) is 64.6 Å². The van der Waals surface area contributed by atoms with Crippen LogP contribution in [0, 0.1) is 5.82 Å². The molecule has 0 aliphatic heterocycles. The predicted octanol–water partition coefficient (Wildman–Crippen LogP) is 3.46. The van der Waals surface area contributed by atoms with Gasteiger partial charge in [0.1, 0.15) is 18.2 Å². The minimum absolute atomic E-state index is 0.0918. The minimum Gasteiger partial charge on any atom is -0.491 e. The summed E-state index contributed by atoms with van der Waals surface area (Å²) in [7, 11) is 1.61. The summed E-state index contributed by atoms with van der Waals surface area (Å²) < 4.78 is 24.3. The van der Waals surface area contributed by atoms with E-state index in [2.05, 4.69) is 5.32 Å². The normalized spacial score (nSPS) is 10.5. The van der Waals surface area contributed by atoms with Crippen LogP contribution < -0.4 is 10.1 Å². The van der Waals surface area contributed by atoms with E-state index in [1.54, 1.807) is 13.2 Å². The fourth-order valence-electron chi connectivity index (χ4n) is 2.18. The Labute approximate surface area is 162 Å². The Morgan fingerprint density at radius 1 is 1.11 bits per heavy atom. The Bertz CT molecular complexity index is 780. The predicted molar refractivity (Wildman–Crippen MR) is 103 cm³/mol. The van der Waals surface area contributed by atoms with Crippen LogP contribution in [0.1, 0.15) is 22.8 Å². The molecule has 2 rings (SSSR count). The van der Waals surface area contributed by atoms with Gasteiger partial charge in [0.25, 0.3) is 0 Å². The largest absolute Gasteiger partial charge is 0.491 e. The number of thioether (sulfide) groups is 1. The van der Waals surface area contributed by atoms with Crippen molar-refractivity contribution in [1.82, 2.24) is 5.32 Å². The van der Waals surface area contributed by atoms with Crippen LogP contribution in [0.25, 0.3) is 0 Å². The summed E-state index contributed by atoms with van der Waals surface area (Å²) in [6.45, 7) is 2.76. The quantitative estimate of drug-likeness (QED) is 0.382. The molecule has 0 bridgehead atoms. The Kier molecular flexibility index (Phi) is 8.29. The molecule has 0 aliphatic rings. The second kappa shape index (κ2) is 10.7. The number of ketones is 1. The Balaban J connectivity index is 1.77. The minimum atomic E-state index is -0.496. The molecule has 0 saturated carbocycles. The van der Waals surface area contributed by atoms with Crippen molar-refractivity contribution in [2.24, 2.45) is 0 Å². The van der Waals surface area contributed by atoms with Crippen molar-refractivity contribution in [3.8, 4) is 5.75 Å². The summed E-state index contributed by atoms with van der Waals surface area (Å²) in [5.41, 5.74) is 1.25. The summed E-state index contributed by atoms with van der Waals surface area (Å²) in [6, 6.07) is 11.7. The van der Waals surface area contributed by atoms with Gasteiger partial charge in [0.05, 0.1) is 12.4 Å². The van der Waals surface area contributed by atoms with Gasteiger partial charge in [-0.3, -0.25) is 9.59 Å². The first-order valence-electron chi connectivity index (χ1n) is 8.40. The van der Waals surface area contributed by atoms with Gasteiger partial charge in [0.15, 0.2) is 5.78 Å². The van der Waals surface area contributed by atoms with Crippen LogP contribution in [0.3, 0.4) is 0 Å². The zero-order valence-electron chi connectivity index (χ0n) is 15.3. The molecule has 27 heavy (non-hydrogen) atoms. The third kappa shape index (κ3) is 7.03. The van der Waals surface area contributed by atoms with Gasteiger partial charge in [0.2, 0.25) is 5.91 Å². The van der Waals surface area contributed by atoms with E-state index in [-0.39, 0.29) is 17.4 Å². The molecule has 0 radical (unpaired) electrons. The number of carbonyl (C=O) groups is 2. The average Bonchev–Trinajstić information content (AvgIpc) is 2.66. The lowest BCUT2D eigenvalue weighted by atomic mass is 10.1. The SMILES string of the molecule is COCCOc1ccc(CNC(=O)CSc2ccc(C(C)=O)cc2F)cc1. The van der Waals surface area contributed by atoms with Crippen LogP contribution in [-0.2, 0) is 16.1 Å². The molecule has 0 spiro atoms. The van der Waals surface area contributed by atoms with Crippen molar-refractivity contribution in [2.45, 2.75) is 18.4 Å². The summed E-state index contributed by atoms with van der Waals surface area (Å²) in [5, 5.41) is 2.79. The lowest BCUT2D eigenvalue weighted by Gasteiger charge is -2.08. The maximum Gasteiger partial charge on any atom is 0.230 e. The Hall–Kier alpha value is -2.38. The van der Waals surface area contributed by atoms with Gasteiger partial charge in [-0.2, -0.15) is 0 Å². The van der Waals surface area contributed by atoms with Crippen molar-refractivity contribution in [1.29, 1.82) is 0 Å². The number of hydrogen-bond donors (Lipinski definition) is 1. The van der Waals surface area contributed by atoms with Gasteiger partial charge in [-0.05, 0) is 36.8 Å². The highest BCUT2D eigenvalue weighted by Crippen LogP contribution is 2.22. The summed E-state index contributed by atoms with van der Waals surface area (Å²) >= 11 is 1.09. The lowest BCUT2D eigenvalue weighted by Crippen LogP contribution is -2.24. The Morgan fingerprint density at radius 3 is 2.48 bits per heavy atom. The van der Waals surface area contributed by atoms with Gasteiger partial charge in [-0.15, -0.1) is 11.8 Å². The monoisotopic (exact) mass is 391 g/mol. The van der Waals surface area contributed by atoms with Crippen LogP contribution in [-0.4, -0.2) is 37.8 Å². The highest BCUT2D eigenvalue weighted by atomic mass is 32.2. The smallest absolute Gasteiger partial charge is 0.230 e. The van der Waals surface area contributed by atoms with Gasteiger partial charge in [0, 0.05) is 24.1 Å². The summed E-state index contributed by atoms with van der Waals surface area (Å²) in [5.74, 6) is -0.0605. The number of halogens is 1. The molecule has 0 fully saturated rings. The maximum atomic E-state index is 13.9.